The van der Waals surface area contributed by atoms with Crippen molar-refractivity contribution >= 4 is 29.2 Å². The summed E-state index contributed by atoms with van der Waals surface area (Å²) in [6, 6.07) is 9.18. The molecule has 1 aliphatic carbocycles. The van der Waals surface area contributed by atoms with Crippen molar-refractivity contribution in [1.82, 2.24) is 14.9 Å². The number of hydrogen-bond acceptors (Lipinski definition) is 6. The number of hydrogen-bond donors (Lipinski definition) is 2. The minimum Gasteiger partial charge on any atom is -0.446 e. The summed E-state index contributed by atoms with van der Waals surface area (Å²) in [5.41, 5.74) is 1.45. The highest BCUT2D eigenvalue weighted by Gasteiger charge is 2.27. The molecule has 1 aliphatic rings. The van der Waals surface area contributed by atoms with Gasteiger partial charge in [-0.1, -0.05) is 36.0 Å². The van der Waals surface area contributed by atoms with E-state index in [9.17, 15) is 9.59 Å². The van der Waals surface area contributed by atoms with E-state index in [1.807, 2.05) is 37.3 Å². The van der Waals surface area contributed by atoms with Crippen LogP contribution in [0.4, 0.5) is 10.5 Å². The predicted octanol–water partition coefficient (Wildman–Crippen LogP) is 3.78. The number of anilines is 1. The molecule has 27 heavy (non-hydrogen) atoms. The Hall–Kier alpha value is -2.48. The number of aryl methyl sites for hydroxylation is 1. The van der Waals surface area contributed by atoms with Crippen molar-refractivity contribution in [3.05, 3.63) is 40.9 Å². The van der Waals surface area contributed by atoms with E-state index in [4.69, 9.17) is 4.74 Å². The third-order valence-electron chi connectivity index (χ3n) is 4.50. The molecule has 1 aromatic heterocycles. The number of ether oxygens (including phenoxy) is 1. The van der Waals surface area contributed by atoms with Gasteiger partial charge < -0.3 is 10.1 Å². The molecule has 0 unspecified atom stereocenters. The quantitative estimate of drug-likeness (QED) is 0.785. The molecule has 144 valence electrons. The molecule has 2 N–H and O–H groups in total. The fourth-order valence-electron chi connectivity index (χ4n) is 3.24. The third kappa shape index (κ3) is 5.50. The van der Waals surface area contributed by atoms with Gasteiger partial charge in [0, 0.05) is 18.2 Å². The molecule has 2 atom stereocenters. The van der Waals surface area contributed by atoms with Gasteiger partial charge in [0.25, 0.3) is 5.91 Å². The average molecular weight is 388 g/mol. The zero-order valence-corrected chi connectivity index (χ0v) is 16.1. The van der Waals surface area contributed by atoms with Gasteiger partial charge in [0.05, 0.1) is 5.69 Å². The Bertz CT molecular complexity index is 765. The lowest BCUT2D eigenvalue weighted by atomic mass is 9.92. The van der Waals surface area contributed by atoms with Gasteiger partial charge in [-0.3, -0.25) is 10.1 Å². The molecule has 2 aromatic rings. The molecule has 8 heteroatoms. The van der Waals surface area contributed by atoms with Crippen molar-refractivity contribution in [2.45, 2.75) is 57.6 Å². The summed E-state index contributed by atoms with van der Waals surface area (Å²) in [5, 5.41) is 9.82. The molecule has 2 amide bonds. The Balaban J connectivity index is 1.51. The first-order valence-electron chi connectivity index (χ1n) is 9.30. The Labute approximate surface area is 162 Å². The van der Waals surface area contributed by atoms with Crippen molar-refractivity contribution < 1.29 is 14.3 Å². The lowest BCUT2D eigenvalue weighted by Gasteiger charge is -2.29. The number of nitrogens with one attached hydrogen (secondary N) is 2. The zero-order chi connectivity index (χ0) is 19.1. The summed E-state index contributed by atoms with van der Waals surface area (Å²) in [7, 11) is 0. The number of rotatable bonds is 6. The Morgan fingerprint density at radius 2 is 2.07 bits per heavy atom. The zero-order valence-electron chi connectivity index (χ0n) is 15.3. The number of nitrogens with zero attached hydrogens (tertiary/aromatic N) is 2. The summed E-state index contributed by atoms with van der Waals surface area (Å²) in [5.74, 6) is -0.132. The molecule has 1 heterocycles. The summed E-state index contributed by atoms with van der Waals surface area (Å²) >= 11 is 1.13. The number of carbonyl (C=O) groups is 2. The van der Waals surface area contributed by atoms with Crippen molar-refractivity contribution in [2.75, 3.05) is 5.32 Å². The van der Waals surface area contributed by atoms with Crippen LogP contribution in [0.1, 0.15) is 54.4 Å². The molecule has 1 saturated carbocycles. The van der Waals surface area contributed by atoms with Crippen molar-refractivity contribution in [3.8, 4) is 0 Å². The lowest BCUT2D eigenvalue weighted by molar-refractivity contribution is 0.0714. The van der Waals surface area contributed by atoms with E-state index < -0.39 is 6.09 Å². The van der Waals surface area contributed by atoms with Crippen LogP contribution in [-0.2, 0) is 11.2 Å². The number of aromatic nitrogens is 2. The highest BCUT2D eigenvalue weighted by molar-refractivity contribution is 7.08. The summed E-state index contributed by atoms with van der Waals surface area (Å²) in [4.78, 5) is 25.2. The van der Waals surface area contributed by atoms with Gasteiger partial charge in [0.2, 0.25) is 0 Å². The number of carbonyl (C=O) groups excluding carboxylic acids is 2. The summed E-state index contributed by atoms with van der Waals surface area (Å²) < 4.78 is 9.44. The molecule has 3 rings (SSSR count). The Morgan fingerprint density at radius 3 is 2.85 bits per heavy atom. The molecular formula is C19H24N4O3S. The van der Waals surface area contributed by atoms with Gasteiger partial charge in [0.15, 0.2) is 0 Å². The standard InChI is InChI=1S/C19H24N4O3S/c1-2-7-16-17(27-23-22-16)18(24)20-14-10-6-11-15(12-14)26-19(25)21-13-8-4-3-5-9-13/h3-5,8-9,14-15H,2,6-7,10-12H2,1H3,(H,20,24)(H,21,25)/t14-,15-/m1/s1. The van der Waals surface area contributed by atoms with Crippen LogP contribution in [0.15, 0.2) is 30.3 Å². The molecule has 0 spiro atoms. The maximum absolute atomic E-state index is 12.5. The third-order valence-corrected chi connectivity index (χ3v) is 5.27. The summed E-state index contributed by atoms with van der Waals surface area (Å²) in [6.07, 6.45) is 4.19. The van der Waals surface area contributed by atoms with E-state index in [-0.39, 0.29) is 18.1 Å². The maximum Gasteiger partial charge on any atom is 0.411 e. The molecule has 0 radical (unpaired) electrons. The molecule has 0 bridgehead atoms. The van der Waals surface area contributed by atoms with Crippen LogP contribution < -0.4 is 10.6 Å². The summed E-state index contributed by atoms with van der Waals surface area (Å²) in [6.45, 7) is 2.05. The predicted molar refractivity (Wildman–Crippen MR) is 104 cm³/mol. The smallest absolute Gasteiger partial charge is 0.411 e. The Morgan fingerprint density at radius 1 is 1.26 bits per heavy atom. The molecule has 1 aromatic carbocycles. The molecular weight excluding hydrogens is 364 g/mol. The van der Waals surface area contributed by atoms with Gasteiger partial charge in [-0.25, -0.2) is 4.79 Å². The molecule has 7 nitrogen and oxygen atoms in total. The fraction of sp³-hybridized carbons (Fsp3) is 0.474. The van der Waals surface area contributed by atoms with Gasteiger partial charge in [0.1, 0.15) is 11.0 Å². The first kappa shape index (κ1) is 19.3. The number of para-hydroxylation sites is 1. The first-order valence-corrected chi connectivity index (χ1v) is 10.1. The topological polar surface area (TPSA) is 93.2 Å². The van der Waals surface area contributed by atoms with E-state index in [0.717, 1.165) is 49.3 Å². The van der Waals surface area contributed by atoms with E-state index in [1.165, 1.54) is 0 Å². The van der Waals surface area contributed by atoms with E-state index >= 15 is 0 Å². The van der Waals surface area contributed by atoms with Crippen molar-refractivity contribution in [2.24, 2.45) is 0 Å². The van der Waals surface area contributed by atoms with Crippen molar-refractivity contribution in [3.63, 3.8) is 0 Å². The largest absolute Gasteiger partial charge is 0.446 e. The van der Waals surface area contributed by atoms with Crippen molar-refractivity contribution in [1.29, 1.82) is 0 Å². The van der Waals surface area contributed by atoms with Crippen LogP contribution in [-0.4, -0.2) is 33.7 Å². The fourth-order valence-corrected chi connectivity index (χ4v) is 3.85. The van der Waals surface area contributed by atoms with Gasteiger partial charge in [-0.05, 0) is 49.3 Å². The lowest BCUT2D eigenvalue weighted by Crippen LogP contribution is -2.41. The first-order chi connectivity index (χ1) is 13.2. The average Bonchev–Trinajstić information content (AvgIpc) is 3.11. The highest BCUT2D eigenvalue weighted by Crippen LogP contribution is 2.23. The highest BCUT2D eigenvalue weighted by atomic mass is 32.1. The van der Waals surface area contributed by atoms with Gasteiger partial charge in [-0.15, -0.1) is 5.10 Å². The molecule has 0 aliphatic heterocycles. The van der Waals surface area contributed by atoms with Crippen LogP contribution in [0.25, 0.3) is 0 Å². The second-order valence-electron chi connectivity index (χ2n) is 6.65. The van der Waals surface area contributed by atoms with Gasteiger partial charge >= 0.3 is 6.09 Å². The minimum atomic E-state index is -0.463. The maximum atomic E-state index is 12.5. The van der Waals surface area contributed by atoms with Crippen LogP contribution >= 0.6 is 11.5 Å². The van der Waals surface area contributed by atoms with Crippen LogP contribution in [0.2, 0.25) is 0 Å². The van der Waals surface area contributed by atoms with Crippen LogP contribution in [0.3, 0.4) is 0 Å². The monoisotopic (exact) mass is 388 g/mol. The van der Waals surface area contributed by atoms with Crippen LogP contribution in [0.5, 0.6) is 0 Å². The second kappa shape index (κ2) is 9.45. The normalized spacial score (nSPS) is 19.3. The van der Waals surface area contributed by atoms with E-state index in [2.05, 4.69) is 20.2 Å². The SMILES string of the molecule is CCCc1nnsc1C(=O)N[C@@H]1CCC[C@@H](OC(=O)Nc2ccccc2)C1. The minimum absolute atomic E-state index is 0.0163. The Kier molecular flexibility index (Phi) is 6.75. The second-order valence-corrected chi connectivity index (χ2v) is 7.41. The number of amides is 2. The van der Waals surface area contributed by atoms with E-state index in [1.54, 1.807) is 0 Å². The van der Waals surface area contributed by atoms with E-state index in [0.29, 0.717) is 17.0 Å². The molecule has 0 saturated heterocycles. The van der Waals surface area contributed by atoms with Gasteiger partial charge in [-0.2, -0.15) is 0 Å². The number of benzene rings is 1. The molecule has 1 fully saturated rings. The van der Waals surface area contributed by atoms with Crippen LogP contribution in [0, 0.1) is 0 Å².